The number of piperidine rings is 1. The maximum atomic E-state index is 11.5. The first kappa shape index (κ1) is 13.1. The number of hydrogen-bond donors (Lipinski definition) is 1. The van der Waals surface area contributed by atoms with Crippen LogP contribution in [0.25, 0.3) is 5.78 Å². The summed E-state index contributed by atoms with van der Waals surface area (Å²) in [5.74, 6) is 0.0925. The highest BCUT2D eigenvalue weighted by atomic mass is 16.4. The molecule has 0 saturated carbocycles. The zero-order valence-electron chi connectivity index (χ0n) is 11.4. The SMILES string of the molecule is CC1CCCN(Cc2cn3cccnc3n2)C1C(=O)O. The van der Waals surface area contributed by atoms with Gasteiger partial charge in [0.05, 0.1) is 5.69 Å². The second kappa shape index (κ2) is 5.20. The lowest BCUT2D eigenvalue weighted by Gasteiger charge is -2.36. The lowest BCUT2D eigenvalue weighted by molar-refractivity contribution is -0.147. The minimum Gasteiger partial charge on any atom is -0.480 e. The van der Waals surface area contributed by atoms with E-state index in [0.29, 0.717) is 12.3 Å². The molecule has 6 nitrogen and oxygen atoms in total. The molecule has 2 unspecified atom stereocenters. The van der Waals surface area contributed by atoms with Crippen LogP contribution in [-0.4, -0.2) is 42.9 Å². The van der Waals surface area contributed by atoms with Crippen LogP contribution in [0.2, 0.25) is 0 Å². The molecule has 20 heavy (non-hydrogen) atoms. The smallest absolute Gasteiger partial charge is 0.321 e. The predicted octanol–water partition coefficient (Wildman–Crippen LogP) is 1.41. The van der Waals surface area contributed by atoms with E-state index in [1.807, 2.05) is 34.7 Å². The van der Waals surface area contributed by atoms with Crippen LogP contribution in [0.1, 0.15) is 25.5 Å². The first-order valence-corrected chi connectivity index (χ1v) is 6.90. The van der Waals surface area contributed by atoms with Gasteiger partial charge in [-0.05, 0) is 31.4 Å². The van der Waals surface area contributed by atoms with E-state index in [9.17, 15) is 9.90 Å². The number of imidazole rings is 1. The van der Waals surface area contributed by atoms with Gasteiger partial charge in [-0.1, -0.05) is 6.92 Å². The van der Waals surface area contributed by atoms with E-state index in [-0.39, 0.29) is 5.92 Å². The highest BCUT2D eigenvalue weighted by Crippen LogP contribution is 2.25. The quantitative estimate of drug-likeness (QED) is 0.916. The van der Waals surface area contributed by atoms with Gasteiger partial charge in [0.2, 0.25) is 5.78 Å². The van der Waals surface area contributed by atoms with E-state index in [1.165, 1.54) is 0 Å². The number of nitrogens with zero attached hydrogens (tertiary/aromatic N) is 4. The van der Waals surface area contributed by atoms with Crippen LogP contribution in [0.3, 0.4) is 0 Å². The third-order valence-corrected chi connectivity index (χ3v) is 3.94. The van der Waals surface area contributed by atoms with E-state index >= 15 is 0 Å². The normalized spacial score (nSPS) is 24.1. The molecule has 0 amide bonds. The molecule has 3 rings (SSSR count). The largest absolute Gasteiger partial charge is 0.480 e. The van der Waals surface area contributed by atoms with Gasteiger partial charge in [-0.2, -0.15) is 0 Å². The van der Waals surface area contributed by atoms with Gasteiger partial charge in [-0.3, -0.25) is 14.1 Å². The molecule has 1 N–H and O–H groups in total. The molecule has 0 bridgehead atoms. The van der Waals surface area contributed by atoms with Crippen molar-refractivity contribution in [3.63, 3.8) is 0 Å². The summed E-state index contributed by atoms with van der Waals surface area (Å²) in [5.41, 5.74) is 0.865. The Labute approximate surface area is 117 Å². The van der Waals surface area contributed by atoms with Gasteiger partial charge in [0.1, 0.15) is 6.04 Å². The topological polar surface area (TPSA) is 70.7 Å². The first-order chi connectivity index (χ1) is 9.65. The standard InChI is InChI=1S/C14H18N4O2/c1-10-4-2-6-17(12(10)13(19)20)8-11-9-18-7-3-5-15-14(18)16-11/h3,5,7,9-10,12H,2,4,6,8H2,1H3,(H,19,20). The Balaban J connectivity index is 1.83. The van der Waals surface area contributed by atoms with Gasteiger partial charge in [0, 0.05) is 25.1 Å². The Hall–Kier alpha value is -1.95. The molecule has 2 aromatic heterocycles. The number of carbonyl (C=O) groups is 1. The zero-order chi connectivity index (χ0) is 14.1. The Morgan fingerprint density at radius 3 is 3.15 bits per heavy atom. The summed E-state index contributed by atoms with van der Waals surface area (Å²) in [6, 6.07) is 1.43. The summed E-state index contributed by atoms with van der Waals surface area (Å²) in [6.45, 7) is 3.38. The van der Waals surface area contributed by atoms with E-state index in [2.05, 4.69) is 9.97 Å². The number of rotatable bonds is 3. The monoisotopic (exact) mass is 274 g/mol. The van der Waals surface area contributed by atoms with Crippen LogP contribution in [0.15, 0.2) is 24.7 Å². The molecular weight excluding hydrogens is 256 g/mol. The lowest BCUT2D eigenvalue weighted by Crippen LogP contribution is -2.48. The van der Waals surface area contributed by atoms with E-state index in [4.69, 9.17) is 0 Å². The number of fused-ring (bicyclic) bond motifs is 1. The van der Waals surface area contributed by atoms with Crippen LogP contribution in [0.4, 0.5) is 0 Å². The van der Waals surface area contributed by atoms with Crippen LogP contribution in [-0.2, 0) is 11.3 Å². The molecule has 6 heteroatoms. The number of carboxylic acid groups (broad SMARTS) is 1. The van der Waals surface area contributed by atoms with Crippen molar-refractivity contribution < 1.29 is 9.90 Å². The first-order valence-electron chi connectivity index (χ1n) is 6.90. The predicted molar refractivity (Wildman–Crippen MR) is 73.2 cm³/mol. The zero-order valence-corrected chi connectivity index (χ0v) is 11.4. The van der Waals surface area contributed by atoms with E-state index < -0.39 is 12.0 Å². The summed E-state index contributed by atoms with van der Waals surface area (Å²) >= 11 is 0. The molecule has 0 aromatic carbocycles. The Morgan fingerprint density at radius 1 is 1.55 bits per heavy atom. The van der Waals surface area contributed by atoms with Gasteiger partial charge in [0.15, 0.2) is 0 Å². The third kappa shape index (κ3) is 2.38. The summed E-state index contributed by atoms with van der Waals surface area (Å²) < 4.78 is 1.86. The Morgan fingerprint density at radius 2 is 2.40 bits per heavy atom. The van der Waals surface area contributed by atoms with Crippen molar-refractivity contribution in [1.82, 2.24) is 19.3 Å². The van der Waals surface area contributed by atoms with Crippen molar-refractivity contribution in [2.45, 2.75) is 32.4 Å². The van der Waals surface area contributed by atoms with Gasteiger partial charge < -0.3 is 5.11 Å². The minimum absolute atomic E-state index is 0.177. The molecule has 2 aromatic rings. The Bertz CT molecular complexity index is 591. The van der Waals surface area contributed by atoms with Crippen LogP contribution in [0.5, 0.6) is 0 Å². The summed E-state index contributed by atoms with van der Waals surface area (Å²) in [5, 5.41) is 9.42. The number of hydrogen-bond acceptors (Lipinski definition) is 4. The molecule has 0 radical (unpaired) electrons. The minimum atomic E-state index is -0.737. The van der Waals surface area contributed by atoms with Crippen molar-refractivity contribution in [2.24, 2.45) is 5.92 Å². The highest BCUT2D eigenvalue weighted by molar-refractivity contribution is 5.74. The molecule has 2 atom stereocenters. The van der Waals surface area contributed by atoms with Crippen LogP contribution in [0, 0.1) is 5.92 Å². The highest BCUT2D eigenvalue weighted by Gasteiger charge is 2.34. The fraction of sp³-hybridized carbons (Fsp3) is 0.500. The molecule has 1 fully saturated rings. The number of likely N-dealkylation sites (tertiary alicyclic amines) is 1. The third-order valence-electron chi connectivity index (χ3n) is 3.94. The molecular formula is C14H18N4O2. The number of carboxylic acids is 1. The number of aromatic nitrogens is 3. The molecule has 106 valence electrons. The van der Waals surface area contributed by atoms with Crippen molar-refractivity contribution in [1.29, 1.82) is 0 Å². The lowest BCUT2D eigenvalue weighted by atomic mass is 9.91. The van der Waals surface area contributed by atoms with Crippen LogP contribution >= 0.6 is 0 Å². The fourth-order valence-corrected chi connectivity index (χ4v) is 3.01. The molecule has 1 aliphatic rings. The summed E-state index contributed by atoms with van der Waals surface area (Å²) in [4.78, 5) is 22.1. The molecule has 0 aliphatic carbocycles. The van der Waals surface area contributed by atoms with Gasteiger partial charge >= 0.3 is 5.97 Å². The summed E-state index contributed by atoms with van der Waals surface area (Å²) in [7, 11) is 0. The van der Waals surface area contributed by atoms with E-state index in [0.717, 1.165) is 25.1 Å². The second-order valence-corrected chi connectivity index (χ2v) is 5.43. The maximum absolute atomic E-state index is 11.5. The van der Waals surface area contributed by atoms with Crippen molar-refractivity contribution in [3.05, 3.63) is 30.4 Å². The van der Waals surface area contributed by atoms with Gasteiger partial charge in [0.25, 0.3) is 0 Å². The van der Waals surface area contributed by atoms with Crippen molar-refractivity contribution in [3.8, 4) is 0 Å². The Kier molecular flexibility index (Phi) is 3.40. The van der Waals surface area contributed by atoms with Crippen molar-refractivity contribution >= 4 is 11.7 Å². The molecule has 0 spiro atoms. The molecule has 3 heterocycles. The average Bonchev–Trinajstić information content (AvgIpc) is 2.80. The van der Waals surface area contributed by atoms with Gasteiger partial charge in [-0.25, -0.2) is 9.97 Å². The van der Waals surface area contributed by atoms with E-state index in [1.54, 1.807) is 6.20 Å². The van der Waals surface area contributed by atoms with Crippen molar-refractivity contribution in [2.75, 3.05) is 6.54 Å². The molecule has 1 saturated heterocycles. The van der Waals surface area contributed by atoms with Gasteiger partial charge in [-0.15, -0.1) is 0 Å². The van der Waals surface area contributed by atoms with Crippen LogP contribution < -0.4 is 0 Å². The molecule has 1 aliphatic heterocycles. The summed E-state index contributed by atoms with van der Waals surface area (Å²) in [6.07, 6.45) is 7.53. The number of aliphatic carboxylic acids is 1. The average molecular weight is 274 g/mol. The second-order valence-electron chi connectivity index (χ2n) is 5.43. The maximum Gasteiger partial charge on any atom is 0.321 e. The fourth-order valence-electron chi connectivity index (χ4n) is 3.01.